The number of hydrogen-bond donors (Lipinski definition) is 3. The third kappa shape index (κ3) is 14.7. The number of unbranched alkanes of at least 4 members (excludes halogenated alkanes) is 11. The molecule has 2 aromatic carbocycles. The number of oxime groups is 1. The molecule has 1 aliphatic heterocycles. The van der Waals surface area contributed by atoms with Crippen LogP contribution in [0.15, 0.2) is 76.8 Å². The largest absolute Gasteiger partial charge is 0.459 e. The summed E-state index contributed by atoms with van der Waals surface area (Å²) < 4.78 is 33.0. The van der Waals surface area contributed by atoms with E-state index in [1.807, 2.05) is 49.6 Å². The van der Waals surface area contributed by atoms with Crippen LogP contribution in [0.5, 0.6) is 17.2 Å². The lowest BCUT2D eigenvalue weighted by Gasteiger charge is -2.59. The Kier molecular flexibility index (Phi) is 23.7. The molecule has 6 unspecified atom stereocenters. The second-order valence-electron chi connectivity index (χ2n) is 17.8. The summed E-state index contributed by atoms with van der Waals surface area (Å²) in [6, 6.07) is 13.3. The van der Waals surface area contributed by atoms with E-state index in [0.717, 1.165) is 66.7 Å². The minimum atomic E-state index is -1.43. The first-order valence-corrected chi connectivity index (χ1v) is 26.3. The minimum Gasteiger partial charge on any atom is -0.459 e. The Morgan fingerprint density at radius 3 is 2.23 bits per heavy atom. The molecule has 1 saturated carbocycles. The van der Waals surface area contributed by atoms with Crippen LogP contribution in [0.2, 0.25) is 0 Å². The highest BCUT2D eigenvalue weighted by Gasteiger charge is 2.65. The third-order valence-electron chi connectivity index (χ3n) is 13.3. The Morgan fingerprint density at radius 1 is 0.864 bits per heavy atom. The van der Waals surface area contributed by atoms with Crippen molar-refractivity contribution in [1.82, 2.24) is 4.90 Å². The number of nitrogens with zero attached hydrogens (tertiary/aromatic N) is 2. The summed E-state index contributed by atoms with van der Waals surface area (Å²) >= 11 is 1.68. The maximum absolute atomic E-state index is 14.7. The summed E-state index contributed by atoms with van der Waals surface area (Å²) in [7, 11) is 0. The first kappa shape index (κ1) is 53.4. The first-order chi connectivity index (χ1) is 32.4. The zero-order chi connectivity index (χ0) is 47.0. The lowest BCUT2D eigenvalue weighted by molar-refractivity contribution is -0.256. The van der Waals surface area contributed by atoms with Crippen molar-refractivity contribution in [3.05, 3.63) is 72.3 Å². The van der Waals surface area contributed by atoms with Crippen molar-refractivity contribution in [2.24, 2.45) is 22.9 Å². The molecule has 12 nitrogen and oxygen atoms in total. The van der Waals surface area contributed by atoms with Crippen molar-refractivity contribution in [3.63, 3.8) is 0 Å². The zero-order valence-corrected chi connectivity index (χ0v) is 41.0. The van der Waals surface area contributed by atoms with Crippen molar-refractivity contribution in [2.45, 2.75) is 146 Å². The molecule has 13 heteroatoms. The predicted molar refractivity (Wildman–Crippen MR) is 263 cm³/mol. The highest BCUT2D eigenvalue weighted by atomic mass is 32.2. The van der Waals surface area contributed by atoms with Gasteiger partial charge in [-0.25, -0.2) is 4.79 Å². The molecule has 0 aromatic heterocycles. The number of allylic oxidation sites excluding steroid dienone is 1. The summed E-state index contributed by atoms with van der Waals surface area (Å²) in [5.41, 5.74) is 2.65. The van der Waals surface area contributed by atoms with Crippen LogP contribution in [0, 0.1) is 17.8 Å². The molecule has 2 aromatic rings. The number of rotatable bonds is 33. The van der Waals surface area contributed by atoms with Gasteiger partial charge in [-0.15, -0.1) is 18.3 Å². The number of aliphatic hydroxyl groups is 3. The summed E-state index contributed by atoms with van der Waals surface area (Å²) in [4.78, 5) is 23.4. The molecule has 0 radical (unpaired) electrons. The van der Waals surface area contributed by atoms with Crippen molar-refractivity contribution < 1.29 is 48.6 Å². The third-order valence-corrected chi connectivity index (χ3v) is 14.0. The second kappa shape index (κ2) is 29.3. The highest BCUT2D eigenvalue weighted by Crippen LogP contribution is 2.62. The van der Waals surface area contributed by atoms with Crippen LogP contribution in [-0.4, -0.2) is 110 Å². The Balaban J connectivity index is 1.59. The Labute approximate surface area is 399 Å². The van der Waals surface area contributed by atoms with E-state index in [9.17, 15) is 20.1 Å². The molecule has 368 valence electrons. The van der Waals surface area contributed by atoms with E-state index in [4.69, 9.17) is 33.7 Å². The number of hydrogen-bond acceptors (Lipinski definition) is 12. The quantitative estimate of drug-likeness (QED) is 0.0272. The van der Waals surface area contributed by atoms with Crippen LogP contribution < -0.4 is 9.47 Å². The van der Waals surface area contributed by atoms with Crippen molar-refractivity contribution >= 4 is 23.6 Å². The standard InChI is InChI=1S/C53H80N2O10S/c1-5-8-9-10-11-12-13-14-15-20-34-61-52(59)55(29-35-60-36-32-58)49-39-47(54-63-7-3)45-37-40(21-16-18-30-56)44(22-17-19-31-57)50-46-38-42(64-41-23-26-43(66-4)27-24-41)25-28-48(46)65-53(49,51(45)50)62-33-6-2/h6,23-28,37-38,40,44,49-51,56-58H,2,5,7-22,29-36,39H2,1,3-4H3. The van der Waals surface area contributed by atoms with Gasteiger partial charge in [0.2, 0.25) is 5.79 Å². The summed E-state index contributed by atoms with van der Waals surface area (Å²) in [5, 5.41) is 34.3. The number of thioether (sulfide) groups is 1. The number of ether oxygens (including phenoxy) is 5. The van der Waals surface area contributed by atoms with Gasteiger partial charge in [0.25, 0.3) is 0 Å². The SMILES string of the molecule is C=CCOC12Oc3ccc(Oc4ccc(SC)cc4)cc3C3C(CCCCO)C(CCCCO)C=C(C(=NOCC)CC1N(CCOCCO)C(=O)OCCCCCCCCCCCC)C32. The molecule has 1 amide bonds. The molecule has 6 atom stereocenters. The molecule has 66 heavy (non-hydrogen) atoms. The second-order valence-corrected chi connectivity index (χ2v) is 18.7. The van der Waals surface area contributed by atoms with E-state index < -0.39 is 23.8 Å². The van der Waals surface area contributed by atoms with E-state index >= 15 is 0 Å². The number of carbonyl (C=O) groups is 1. The fraction of sp³-hybridized carbons (Fsp3) is 0.660. The molecule has 2 aliphatic carbocycles. The van der Waals surface area contributed by atoms with Crippen LogP contribution >= 0.6 is 11.8 Å². The molecular weight excluding hydrogens is 857 g/mol. The van der Waals surface area contributed by atoms with Crippen LogP contribution in [0.4, 0.5) is 4.79 Å². The summed E-state index contributed by atoms with van der Waals surface area (Å²) in [5.74, 6) is 0.0753. The molecule has 0 saturated heterocycles. The lowest BCUT2D eigenvalue weighted by atomic mass is 9.55. The van der Waals surface area contributed by atoms with Crippen molar-refractivity contribution in [2.75, 3.05) is 65.7 Å². The Hall–Kier alpha value is -3.59. The maximum atomic E-state index is 14.7. The molecule has 1 fully saturated rings. The van der Waals surface area contributed by atoms with Crippen LogP contribution in [0.3, 0.4) is 0 Å². The van der Waals surface area contributed by atoms with Crippen LogP contribution in [0.1, 0.15) is 134 Å². The molecule has 5 rings (SSSR count). The fourth-order valence-corrected chi connectivity index (χ4v) is 10.6. The topological polar surface area (TPSA) is 149 Å². The minimum absolute atomic E-state index is 0.0613. The van der Waals surface area contributed by atoms with Gasteiger partial charge in [0.1, 0.15) is 29.9 Å². The number of carbonyl (C=O) groups excluding carboxylic acids is 1. The number of benzene rings is 2. The number of fused-ring (bicyclic) bond motifs is 2. The van der Waals surface area contributed by atoms with E-state index in [1.54, 1.807) is 22.7 Å². The average molecular weight is 937 g/mol. The summed E-state index contributed by atoms with van der Waals surface area (Å²) in [6.45, 7) is 9.48. The van der Waals surface area contributed by atoms with Gasteiger partial charge >= 0.3 is 6.09 Å². The van der Waals surface area contributed by atoms with Gasteiger partial charge in [0.05, 0.1) is 44.7 Å². The van der Waals surface area contributed by atoms with E-state index in [0.29, 0.717) is 36.7 Å². The molecule has 3 N–H and O–H groups in total. The average Bonchev–Trinajstić information content (AvgIpc) is 3.33. The summed E-state index contributed by atoms with van der Waals surface area (Å²) in [6.07, 6.45) is 22.2. The number of amides is 1. The Bertz CT molecular complexity index is 1790. The van der Waals surface area contributed by atoms with Crippen molar-refractivity contribution in [3.8, 4) is 17.2 Å². The molecular formula is C53H80N2O10S. The fourth-order valence-electron chi connectivity index (χ4n) is 10.2. The normalized spacial score (nSPS) is 22.5. The van der Waals surface area contributed by atoms with Crippen LogP contribution in [-0.2, 0) is 19.0 Å². The molecule has 0 spiro atoms. The predicted octanol–water partition coefficient (Wildman–Crippen LogP) is 11.2. The van der Waals surface area contributed by atoms with Gasteiger partial charge in [-0.3, -0.25) is 4.90 Å². The Morgan fingerprint density at radius 2 is 1.56 bits per heavy atom. The monoisotopic (exact) mass is 937 g/mol. The molecule has 0 bridgehead atoms. The smallest absolute Gasteiger partial charge is 0.410 e. The molecule has 1 heterocycles. The van der Waals surface area contributed by atoms with Gasteiger partial charge in [-0.05, 0) is 105 Å². The zero-order valence-electron chi connectivity index (χ0n) is 40.2. The van der Waals surface area contributed by atoms with Gasteiger partial charge in [-0.2, -0.15) is 0 Å². The van der Waals surface area contributed by atoms with E-state index in [-0.39, 0.29) is 77.0 Å². The highest BCUT2D eigenvalue weighted by molar-refractivity contribution is 7.98. The van der Waals surface area contributed by atoms with Gasteiger partial charge in [0, 0.05) is 42.6 Å². The van der Waals surface area contributed by atoms with Crippen molar-refractivity contribution in [1.29, 1.82) is 0 Å². The van der Waals surface area contributed by atoms with Crippen LogP contribution in [0.25, 0.3) is 0 Å². The first-order valence-electron chi connectivity index (χ1n) is 25.0. The lowest BCUT2D eigenvalue weighted by Crippen LogP contribution is -2.70. The van der Waals surface area contributed by atoms with Gasteiger partial charge < -0.3 is 43.8 Å². The van der Waals surface area contributed by atoms with Gasteiger partial charge in [-0.1, -0.05) is 94.9 Å². The van der Waals surface area contributed by atoms with E-state index in [2.05, 4.69) is 25.6 Å². The number of aliphatic hydroxyl groups excluding tert-OH is 3. The van der Waals surface area contributed by atoms with E-state index in [1.165, 1.54) is 44.9 Å². The molecule has 3 aliphatic rings. The van der Waals surface area contributed by atoms with Gasteiger partial charge in [0.15, 0.2) is 0 Å². The maximum Gasteiger partial charge on any atom is 0.410 e.